The molecule has 1 aliphatic rings. The van der Waals surface area contributed by atoms with Gasteiger partial charge in [-0.1, -0.05) is 126 Å². The van der Waals surface area contributed by atoms with E-state index in [-0.39, 0.29) is 17.6 Å². The van der Waals surface area contributed by atoms with Gasteiger partial charge in [0.15, 0.2) is 0 Å². The topological polar surface area (TPSA) is 65.0 Å². The molecule has 6 heteroatoms. The summed E-state index contributed by atoms with van der Waals surface area (Å²) in [6.45, 7) is 13.2. The molecule has 0 fully saturated rings. The molecule has 244 valence electrons. The van der Waals surface area contributed by atoms with Gasteiger partial charge in [-0.3, -0.25) is 4.89 Å². The summed E-state index contributed by atoms with van der Waals surface area (Å²) < 4.78 is 32.5. The van der Waals surface area contributed by atoms with E-state index < -0.39 is 7.82 Å². The van der Waals surface area contributed by atoms with E-state index in [1.54, 1.807) is 7.11 Å². The molecule has 1 N–H and O–H groups in total. The first-order valence-electron chi connectivity index (χ1n) is 16.6. The molecule has 0 spiro atoms. The first-order valence-corrected chi connectivity index (χ1v) is 18.1. The maximum Gasteiger partial charge on any atom is 0.584 e. The molecule has 6 aromatic rings. The van der Waals surface area contributed by atoms with E-state index in [4.69, 9.17) is 13.8 Å². The van der Waals surface area contributed by atoms with Gasteiger partial charge in [0.05, 0.1) is 7.11 Å². The number of rotatable bonds is 6. The largest absolute Gasteiger partial charge is 0.584 e. The Labute approximate surface area is 282 Å². The molecule has 1 atom stereocenters. The van der Waals surface area contributed by atoms with Gasteiger partial charge >= 0.3 is 7.82 Å². The van der Waals surface area contributed by atoms with Gasteiger partial charge < -0.3 is 13.8 Å². The number of benzene rings is 6. The number of hydrogen-bond donors (Lipinski definition) is 1. The lowest BCUT2D eigenvalue weighted by molar-refractivity contribution is 0.295. The molecule has 48 heavy (non-hydrogen) atoms. The number of methoxy groups -OCH3 is 1. The van der Waals surface area contributed by atoms with Crippen LogP contribution in [0.5, 0.6) is 17.2 Å². The number of para-hydroxylation sites is 1. The van der Waals surface area contributed by atoms with Crippen molar-refractivity contribution in [2.75, 3.05) is 7.11 Å². The summed E-state index contributed by atoms with van der Waals surface area (Å²) in [6, 6.07) is 32.6. The lowest BCUT2D eigenvalue weighted by atomic mass is 9.80. The van der Waals surface area contributed by atoms with Crippen molar-refractivity contribution in [2.45, 2.75) is 59.3 Å². The van der Waals surface area contributed by atoms with E-state index >= 15 is 0 Å². The highest BCUT2D eigenvalue weighted by molar-refractivity contribution is 7.48. The second-order valence-corrected chi connectivity index (χ2v) is 14.9. The van der Waals surface area contributed by atoms with Crippen LogP contribution in [-0.4, -0.2) is 12.0 Å². The summed E-state index contributed by atoms with van der Waals surface area (Å²) in [4.78, 5) is 11.6. The molecule has 7 rings (SSSR count). The molecule has 5 nitrogen and oxygen atoms in total. The lowest BCUT2D eigenvalue weighted by Gasteiger charge is -2.25. The summed E-state index contributed by atoms with van der Waals surface area (Å²) in [5.74, 6) is 2.03. The second kappa shape index (κ2) is 12.1. The van der Waals surface area contributed by atoms with Crippen molar-refractivity contribution in [2.24, 2.45) is 0 Å². The molecule has 0 radical (unpaired) electrons. The highest BCUT2D eigenvalue weighted by Gasteiger charge is 2.37. The Kier molecular flexibility index (Phi) is 8.10. The monoisotopic (exact) mass is 656 g/mol. The second-order valence-electron chi connectivity index (χ2n) is 13.6. The fraction of sp³-hybridized carbons (Fsp3) is 0.238. The number of ether oxygens (including phenoxy) is 1. The molecule has 0 saturated heterocycles. The fourth-order valence-electron chi connectivity index (χ4n) is 7.11. The highest BCUT2D eigenvalue weighted by Crippen LogP contribution is 2.61. The van der Waals surface area contributed by atoms with Crippen LogP contribution in [0.15, 0.2) is 97.1 Å². The molecule has 0 saturated carbocycles. The zero-order chi connectivity index (χ0) is 33.9. The average molecular weight is 657 g/mol. The quantitative estimate of drug-likeness (QED) is 0.181. The van der Waals surface area contributed by atoms with E-state index in [0.29, 0.717) is 34.1 Å². The minimum Gasteiger partial charge on any atom is -0.496 e. The van der Waals surface area contributed by atoms with Gasteiger partial charge in [-0.2, -0.15) is 0 Å². The van der Waals surface area contributed by atoms with Gasteiger partial charge in [0.25, 0.3) is 0 Å². The van der Waals surface area contributed by atoms with Crippen LogP contribution >= 0.6 is 7.82 Å². The molecule has 1 heterocycles. The molecule has 0 aliphatic carbocycles. The van der Waals surface area contributed by atoms with Gasteiger partial charge in [-0.15, -0.1) is 0 Å². The van der Waals surface area contributed by atoms with Gasteiger partial charge in [0.1, 0.15) is 17.2 Å². The van der Waals surface area contributed by atoms with Crippen LogP contribution in [0.3, 0.4) is 0 Å². The van der Waals surface area contributed by atoms with Crippen molar-refractivity contribution in [1.82, 2.24) is 0 Å². The van der Waals surface area contributed by atoms with Crippen molar-refractivity contribution in [3.05, 3.63) is 114 Å². The molecular weight excluding hydrogens is 615 g/mol. The predicted octanol–water partition coefficient (Wildman–Crippen LogP) is 12.2. The zero-order valence-corrected chi connectivity index (χ0v) is 29.4. The van der Waals surface area contributed by atoms with Crippen LogP contribution in [0, 0.1) is 0 Å². The van der Waals surface area contributed by atoms with Crippen LogP contribution in [0.1, 0.15) is 76.0 Å². The third-order valence-corrected chi connectivity index (χ3v) is 10.3. The smallest absolute Gasteiger partial charge is 0.496 e. The Morgan fingerprint density at radius 3 is 1.79 bits per heavy atom. The molecule has 1 aliphatic heterocycles. The number of phosphoric acid groups is 1. The van der Waals surface area contributed by atoms with E-state index in [1.807, 2.05) is 78.9 Å². The van der Waals surface area contributed by atoms with Gasteiger partial charge in [0.2, 0.25) is 0 Å². The SMILES string of the molecule is COc1ccc2ccccc2c1-c1c2c(cc3ccccc13)-c1cccc(-c3c(C(C)C)cc(C(C)C)cc3C(C)C)c1OP(=O)(O)O2. The third kappa shape index (κ3) is 5.36. The predicted molar refractivity (Wildman–Crippen MR) is 198 cm³/mol. The molecule has 0 bridgehead atoms. The van der Waals surface area contributed by atoms with Crippen molar-refractivity contribution >= 4 is 29.4 Å². The van der Waals surface area contributed by atoms with Crippen molar-refractivity contribution in [3.8, 4) is 50.6 Å². The summed E-state index contributed by atoms with van der Waals surface area (Å²) in [5.41, 5.74) is 8.29. The maximum absolute atomic E-state index is 14.2. The summed E-state index contributed by atoms with van der Waals surface area (Å²) in [6.07, 6.45) is 0. The van der Waals surface area contributed by atoms with E-state index in [1.165, 1.54) is 16.7 Å². The average Bonchev–Trinajstić information content (AvgIpc) is 3.18. The number of hydrogen-bond acceptors (Lipinski definition) is 4. The lowest BCUT2D eigenvalue weighted by Crippen LogP contribution is -2.05. The van der Waals surface area contributed by atoms with Gasteiger partial charge in [-0.25, -0.2) is 4.57 Å². The molecule has 1 unspecified atom stereocenters. The standard InChI is InChI=1S/C42H41O5P/c1-24(2)29-22-34(25(3)4)38(35(23-29)26(5)6)33-18-12-17-32-36-21-28-14-9-11-16-31(28)40(42(36)47-48(43,44)46-41(32)33)39-30-15-10-8-13-27(30)19-20-37(39)45-7/h8-26H,1-7H3,(H,43,44). The number of fused-ring (bicyclic) bond motifs is 5. The first kappa shape index (κ1) is 32.0. The fourth-order valence-corrected chi connectivity index (χ4v) is 8.00. The summed E-state index contributed by atoms with van der Waals surface area (Å²) >= 11 is 0. The van der Waals surface area contributed by atoms with Crippen molar-refractivity contribution < 1.29 is 23.2 Å². The van der Waals surface area contributed by atoms with Crippen LogP contribution < -0.4 is 13.8 Å². The molecule has 0 amide bonds. The van der Waals surface area contributed by atoms with E-state index in [2.05, 4.69) is 59.7 Å². The molecule has 0 aromatic heterocycles. The zero-order valence-electron chi connectivity index (χ0n) is 28.5. The van der Waals surface area contributed by atoms with Crippen LogP contribution in [0.2, 0.25) is 0 Å². The Morgan fingerprint density at radius 2 is 1.17 bits per heavy atom. The van der Waals surface area contributed by atoms with Gasteiger partial charge in [-0.05, 0) is 73.7 Å². The Balaban J connectivity index is 1.62. The van der Waals surface area contributed by atoms with Crippen LogP contribution in [-0.2, 0) is 4.57 Å². The van der Waals surface area contributed by atoms with Crippen LogP contribution in [0.4, 0.5) is 0 Å². The summed E-state index contributed by atoms with van der Waals surface area (Å²) in [7, 11) is -3.05. The van der Waals surface area contributed by atoms with E-state index in [0.717, 1.165) is 38.2 Å². The Bertz CT molecular complexity index is 2240. The maximum atomic E-state index is 14.2. The normalized spacial score (nSPS) is 15.7. The van der Waals surface area contributed by atoms with Crippen molar-refractivity contribution in [1.29, 1.82) is 0 Å². The van der Waals surface area contributed by atoms with Gasteiger partial charge in [0, 0.05) is 27.8 Å². The third-order valence-electron chi connectivity index (χ3n) is 9.48. The minimum atomic E-state index is -4.70. The summed E-state index contributed by atoms with van der Waals surface area (Å²) in [5, 5.41) is 3.79. The minimum absolute atomic E-state index is 0.205. The van der Waals surface area contributed by atoms with E-state index in [9.17, 15) is 9.46 Å². The Hall–Kier alpha value is -4.57. The van der Waals surface area contributed by atoms with Crippen molar-refractivity contribution in [3.63, 3.8) is 0 Å². The first-order chi connectivity index (χ1) is 23.0. The number of phosphoric ester groups is 1. The molecular formula is C42H41O5P. The Morgan fingerprint density at radius 1 is 0.583 bits per heavy atom. The highest BCUT2D eigenvalue weighted by atomic mass is 31.2. The molecule has 6 aromatic carbocycles. The van der Waals surface area contributed by atoms with Crippen LogP contribution in [0.25, 0.3) is 54.9 Å².